The number of halogens is 1. The molecule has 28 heavy (non-hydrogen) atoms. The fourth-order valence-corrected chi connectivity index (χ4v) is 4.25. The summed E-state index contributed by atoms with van der Waals surface area (Å²) in [5, 5.41) is 13.9. The van der Waals surface area contributed by atoms with Gasteiger partial charge in [0.15, 0.2) is 0 Å². The molecule has 0 bridgehead atoms. The fourth-order valence-electron chi connectivity index (χ4n) is 2.59. The van der Waals surface area contributed by atoms with Crippen LogP contribution >= 0.6 is 11.6 Å². The van der Waals surface area contributed by atoms with Gasteiger partial charge in [0, 0.05) is 23.7 Å². The zero-order valence-electron chi connectivity index (χ0n) is 15.3. The van der Waals surface area contributed by atoms with Gasteiger partial charge in [-0.05, 0) is 37.1 Å². The molecular weight excluding hydrogens is 406 g/mol. The van der Waals surface area contributed by atoms with E-state index in [1.54, 1.807) is 38.1 Å². The number of nitro groups is 1. The monoisotopic (exact) mass is 425 g/mol. The van der Waals surface area contributed by atoms with Crippen molar-refractivity contribution in [2.45, 2.75) is 32.2 Å². The first-order valence-electron chi connectivity index (χ1n) is 8.38. The number of nitrogens with zero attached hydrogens (tertiary/aromatic N) is 1. The number of rotatable bonds is 8. The van der Waals surface area contributed by atoms with Crippen LogP contribution in [-0.4, -0.2) is 25.3 Å². The van der Waals surface area contributed by atoms with E-state index in [4.69, 9.17) is 11.6 Å². The van der Waals surface area contributed by atoms with E-state index in [1.165, 1.54) is 12.1 Å². The molecule has 0 aliphatic rings. The number of carbonyl (C=O) groups is 1. The third-order valence-electron chi connectivity index (χ3n) is 3.72. The Labute approximate surface area is 168 Å². The second-order valence-electron chi connectivity index (χ2n) is 6.40. The molecular formula is C18H20ClN3O5S. The summed E-state index contributed by atoms with van der Waals surface area (Å²) in [5.41, 5.74) is 0.603. The van der Waals surface area contributed by atoms with Crippen molar-refractivity contribution in [2.75, 3.05) is 0 Å². The van der Waals surface area contributed by atoms with E-state index in [-0.39, 0.29) is 28.9 Å². The zero-order chi connectivity index (χ0) is 20.9. The Balaban J connectivity index is 2.18. The van der Waals surface area contributed by atoms with Crippen molar-refractivity contribution < 1.29 is 18.1 Å². The molecule has 0 spiro atoms. The van der Waals surface area contributed by atoms with Crippen LogP contribution in [-0.2, 0) is 22.3 Å². The smallest absolute Gasteiger partial charge is 0.283 e. The first-order chi connectivity index (χ1) is 13.1. The van der Waals surface area contributed by atoms with E-state index in [2.05, 4.69) is 10.0 Å². The molecule has 2 aromatic carbocycles. The Morgan fingerprint density at radius 1 is 1.18 bits per heavy atom. The number of hydrogen-bond acceptors (Lipinski definition) is 5. The third kappa shape index (κ3) is 6.01. The molecule has 2 aromatic rings. The summed E-state index contributed by atoms with van der Waals surface area (Å²) in [6, 6.07) is 10.3. The average molecular weight is 426 g/mol. The lowest BCUT2D eigenvalue weighted by Gasteiger charge is -2.13. The summed E-state index contributed by atoms with van der Waals surface area (Å²) in [5.74, 6) is -0.889. The number of nitrogens with one attached hydrogen (secondary N) is 2. The van der Waals surface area contributed by atoms with Gasteiger partial charge in [-0.1, -0.05) is 35.9 Å². The lowest BCUT2D eigenvalue weighted by molar-refractivity contribution is -0.385. The van der Waals surface area contributed by atoms with Crippen LogP contribution in [0.3, 0.4) is 0 Å². The van der Waals surface area contributed by atoms with Crippen LogP contribution in [0.2, 0.25) is 5.02 Å². The van der Waals surface area contributed by atoms with Crippen LogP contribution in [0.25, 0.3) is 0 Å². The highest BCUT2D eigenvalue weighted by Crippen LogP contribution is 2.23. The highest BCUT2D eigenvalue weighted by atomic mass is 35.5. The second-order valence-corrected chi connectivity index (χ2v) is 8.59. The molecule has 0 atom stereocenters. The molecule has 8 nitrogen and oxygen atoms in total. The number of sulfonamides is 1. The maximum absolute atomic E-state index is 12.4. The van der Waals surface area contributed by atoms with Gasteiger partial charge >= 0.3 is 0 Å². The molecule has 150 valence electrons. The predicted molar refractivity (Wildman–Crippen MR) is 107 cm³/mol. The van der Waals surface area contributed by atoms with Gasteiger partial charge in [-0.2, -0.15) is 0 Å². The lowest BCUT2D eigenvalue weighted by Crippen LogP contribution is -2.32. The molecule has 0 heterocycles. The van der Waals surface area contributed by atoms with Crippen molar-refractivity contribution in [2.24, 2.45) is 0 Å². The molecule has 0 saturated heterocycles. The Bertz CT molecular complexity index is 992. The molecule has 0 saturated carbocycles. The van der Waals surface area contributed by atoms with E-state index < -0.39 is 26.5 Å². The van der Waals surface area contributed by atoms with E-state index >= 15 is 0 Å². The van der Waals surface area contributed by atoms with Gasteiger partial charge < -0.3 is 5.32 Å². The third-order valence-corrected chi connectivity index (χ3v) is 5.48. The van der Waals surface area contributed by atoms with Gasteiger partial charge in [-0.15, -0.1) is 0 Å². The van der Waals surface area contributed by atoms with Crippen molar-refractivity contribution in [1.29, 1.82) is 0 Å². The van der Waals surface area contributed by atoms with Crippen LogP contribution in [0.4, 0.5) is 5.69 Å². The van der Waals surface area contributed by atoms with Crippen molar-refractivity contribution in [3.05, 3.63) is 74.3 Å². The van der Waals surface area contributed by atoms with E-state index in [0.29, 0.717) is 11.1 Å². The van der Waals surface area contributed by atoms with Crippen molar-refractivity contribution in [3.63, 3.8) is 0 Å². The molecule has 0 radical (unpaired) electrons. The SMILES string of the molecule is CC(C)NS(=O)(=O)Cc1ccccc1CNC(=O)c1ccc(Cl)cc1[N+](=O)[O-]. The van der Waals surface area contributed by atoms with Crippen molar-refractivity contribution in [1.82, 2.24) is 10.0 Å². The molecule has 0 fully saturated rings. The summed E-state index contributed by atoms with van der Waals surface area (Å²) in [4.78, 5) is 22.9. The van der Waals surface area contributed by atoms with Gasteiger partial charge in [0.05, 0.1) is 10.7 Å². The highest BCUT2D eigenvalue weighted by Gasteiger charge is 2.21. The number of nitro benzene ring substituents is 1. The lowest BCUT2D eigenvalue weighted by atomic mass is 10.1. The standard InChI is InChI=1S/C18H20ClN3O5S/c1-12(2)21-28(26,27)11-14-6-4-3-5-13(14)10-20-18(23)16-8-7-15(19)9-17(16)22(24)25/h3-9,12,21H,10-11H2,1-2H3,(H,20,23). The zero-order valence-corrected chi connectivity index (χ0v) is 16.9. The quantitative estimate of drug-likeness (QED) is 0.497. The molecule has 0 aromatic heterocycles. The maximum Gasteiger partial charge on any atom is 0.283 e. The summed E-state index contributed by atoms with van der Waals surface area (Å²) in [7, 11) is -3.54. The molecule has 0 aliphatic carbocycles. The van der Waals surface area contributed by atoms with E-state index in [1.807, 2.05) is 0 Å². The Hall–Kier alpha value is -2.49. The molecule has 2 rings (SSSR count). The molecule has 10 heteroatoms. The van der Waals surface area contributed by atoms with Gasteiger partial charge in [-0.25, -0.2) is 13.1 Å². The number of amides is 1. The first kappa shape index (κ1) is 21.8. The fraction of sp³-hybridized carbons (Fsp3) is 0.278. The van der Waals surface area contributed by atoms with E-state index in [0.717, 1.165) is 6.07 Å². The molecule has 1 amide bonds. The summed E-state index contributed by atoms with van der Waals surface area (Å²) >= 11 is 5.76. The Kier molecular flexibility index (Phi) is 7.11. The van der Waals surface area contributed by atoms with Crippen LogP contribution < -0.4 is 10.0 Å². The highest BCUT2D eigenvalue weighted by molar-refractivity contribution is 7.88. The first-order valence-corrected chi connectivity index (χ1v) is 10.4. The van der Waals surface area contributed by atoms with Crippen molar-refractivity contribution in [3.8, 4) is 0 Å². The largest absolute Gasteiger partial charge is 0.348 e. The topological polar surface area (TPSA) is 118 Å². The van der Waals surface area contributed by atoms with Gasteiger partial charge in [0.25, 0.3) is 11.6 Å². The number of benzene rings is 2. The van der Waals surface area contributed by atoms with Crippen LogP contribution in [0.1, 0.15) is 35.3 Å². The Morgan fingerprint density at radius 3 is 2.43 bits per heavy atom. The summed E-state index contributed by atoms with van der Waals surface area (Å²) in [6.45, 7) is 3.47. The molecule has 0 aliphatic heterocycles. The normalized spacial score (nSPS) is 11.4. The van der Waals surface area contributed by atoms with E-state index in [9.17, 15) is 23.3 Å². The maximum atomic E-state index is 12.4. The predicted octanol–water partition coefficient (Wildman–Crippen LogP) is 3.01. The number of hydrogen-bond donors (Lipinski definition) is 2. The van der Waals surface area contributed by atoms with Crippen molar-refractivity contribution >= 4 is 33.2 Å². The summed E-state index contributed by atoms with van der Waals surface area (Å²) in [6.07, 6.45) is 0. The minimum absolute atomic E-state index is 0.0198. The van der Waals surface area contributed by atoms with Gasteiger partial charge in [0.2, 0.25) is 10.0 Å². The van der Waals surface area contributed by atoms with Crippen LogP contribution in [0, 0.1) is 10.1 Å². The van der Waals surface area contributed by atoms with Gasteiger partial charge in [0.1, 0.15) is 5.56 Å². The van der Waals surface area contributed by atoms with Gasteiger partial charge in [-0.3, -0.25) is 14.9 Å². The number of carbonyl (C=O) groups excluding carboxylic acids is 1. The Morgan fingerprint density at radius 2 is 1.82 bits per heavy atom. The minimum atomic E-state index is -3.54. The average Bonchev–Trinajstić information content (AvgIpc) is 2.59. The second kappa shape index (κ2) is 9.13. The van der Waals surface area contributed by atoms with Crippen LogP contribution in [0.5, 0.6) is 0 Å². The van der Waals surface area contributed by atoms with Crippen LogP contribution in [0.15, 0.2) is 42.5 Å². The summed E-state index contributed by atoms with van der Waals surface area (Å²) < 4.78 is 26.9. The molecule has 0 unspecified atom stereocenters. The molecule has 2 N–H and O–H groups in total. The minimum Gasteiger partial charge on any atom is -0.348 e.